The van der Waals surface area contributed by atoms with Crippen molar-refractivity contribution in [2.24, 2.45) is 4.99 Å². The molecule has 2 heterocycles. The second-order valence-electron chi connectivity index (χ2n) is 7.25. The Kier molecular flexibility index (Phi) is 5.90. The fraction of sp³-hybridized carbons (Fsp3) is 0.409. The van der Waals surface area contributed by atoms with Gasteiger partial charge in [-0.15, -0.1) is 11.3 Å². The highest BCUT2D eigenvalue weighted by Crippen LogP contribution is 2.30. The SMILES string of the molecule is CN=C(NCC(c1ccccc1)N1CCc2sccc2C1)NC1CC=CC1. The Morgan fingerprint density at radius 3 is 2.81 bits per heavy atom. The highest BCUT2D eigenvalue weighted by atomic mass is 32.1. The monoisotopic (exact) mass is 380 g/mol. The van der Waals surface area contributed by atoms with Crippen molar-refractivity contribution < 1.29 is 0 Å². The van der Waals surface area contributed by atoms with E-state index in [-0.39, 0.29) is 0 Å². The summed E-state index contributed by atoms with van der Waals surface area (Å²) in [5, 5.41) is 9.36. The quantitative estimate of drug-likeness (QED) is 0.472. The van der Waals surface area contributed by atoms with Crippen LogP contribution in [-0.2, 0) is 13.0 Å². The van der Waals surface area contributed by atoms with Gasteiger partial charge < -0.3 is 10.6 Å². The average Bonchev–Trinajstić information content (AvgIpc) is 3.39. The predicted octanol–water partition coefficient (Wildman–Crippen LogP) is 3.73. The van der Waals surface area contributed by atoms with Gasteiger partial charge in [-0.3, -0.25) is 9.89 Å². The van der Waals surface area contributed by atoms with Crippen LogP contribution in [0.2, 0.25) is 0 Å². The van der Waals surface area contributed by atoms with Gasteiger partial charge in [-0.2, -0.15) is 0 Å². The van der Waals surface area contributed by atoms with E-state index in [1.54, 1.807) is 4.88 Å². The Morgan fingerprint density at radius 2 is 2.04 bits per heavy atom. The summed E-state index contributed by atoms with van der Waals surface area (Å²) in [7, 11) is 1.85. The molecule has 1 aliphatic heterocycles. The maximum Gasteiger partial charge on any atom is 0.191 e. The van der Waals surface area contributed by atoms with Gasteiger partial charge in [0.1, 0.15) is 0 Å². The summed E-state index contributed by atoms with van der Waals surface area (Å²) in [4.78, 5) is 8.59. The number of fused-ring (bicyclic) bond motifs is 1. The predicted molar refractivity (Wildman–Crippen MR) is 114 cm³/mol. The Hall–Kier alpha value is -2.11. The number of hydrogen-bond donors (Lipinski definition) is 2. The minimum absolute atomic E-state index is 0.333. The molecule has 1 aliphatic carbocycles. The molecule has 1 atom stereocenters. The summed E-state index contributed by atoms with van der Waals surface area (Å²) >= 11 is 1.90. The molecule has 1 aromatic carbocycles. The van der Waals surface area contributed by atoms with Crippen molar-refractivity contribution in [2.45, 2.75) is 37.9 Å². The highest BCUT2D eigenvalue weighted by Gasteiger charge is 2.25. The van der Waals surface area contributed by atoms with Crippen molar-refractivity contribution in [2.75, 3.05) is 20.1 Å². The van der Waals surface area contributed by atoms with Gasteiger partial charge in [0.05, 0.1) is 6.04 Å². The van der Waals surface area contributed by atoms with E-state index >= 15 is 0 Å². The van der Waals surface area contributed by atoms with Crippen molar-refractivity contribution in [1.82, 2.24) is 15.5 Å². The lowest BCUT2D eigenvalue weighted by atomic mass is 10.0. The normalized spacial score (nSPS) is 19.1. The molecule has 4 nitrogen and oxygen atoms in total. The molecular formula is C22H28N4S. The van der Waals surface area contributed by atoms with Crippen LogP contribution in [0.5, 0.6) is 0 Å². The number of thiophene rings is 1. The van der Waals surface area contributed by atoms with Gasteiger partial charge in [0, 0.05) is 37.6 Å². The van der Waals surface area contributed by atoms with Gasteiger partial charge in [-0.05, 0) is 41.8 Å². The van der Waals surface area contributed by atoms with E-state index < -0.39 is 0 Å². The third kappa shape index (κ3) is 4.42. The molecule has 5 heteroatoms. The van der Waals surface area contributed by atoms with E-state index in [9.17, 15) is 0 Å². The van der Waals surface area contributed by atoms with Gasteiger partial charge in [0.25, 0.3) is 0 Å². The third-order valence-electron chi connectivity index (χ3n) is 5.50. The topological polar surface area (TPSA) is 39.7 Å². The Balaban J connectivity index is 1.45. The Bertz CT molecular complexity index is 788. The van der Waals surface area contributed by atoms with E-state index in [0.717, 1.165) is 44.9 Å². The minimum Gasteiger partial charge on any atom is -0.354 e. The van der Waals surface area contributed by atoms with Crippen LogP contribution in [0.25, 0.3) is 0 Å². The summed E-state index contributed by atoms with van der Waals surface area (Å²) in [5.74, 6) is 0.901. The molecule has 0 fully saturated rings. The third-order valence-corrected chi connectivity index (χ3v) is 6.52. The number of hydrogen-bond acceptors (Lipinski definition) is 3. The average molecular weight is 381 g/mol. The summed E-state index contributed by atoms with van der Waals surface area (Å²) in [6.07, 6.45) is 7.79. The van der Waals surface area contributed by atoms with Crippen molar-refractivity contribution in [1.29, 1.82) is 0 Å². The number of guanidine groups is 1. The molecule has 0 spiro atoms. The number of nitrogens with zero attached hydrogens (tertiary/aromatic N) is 2. The molecule has 0 radical (unpaired) electrons. The number of aliphatic imine (C=N–C) groups is 1. The van der Waals surface area contributed by atoms with E-state index in [4.69, 9.17) is 0 Å². The molecule has 1 unspecified atom stereocenters. The molecule has 4 rings (SSSR count). The molecular weight excluding hydrogens is 352 g/mol. The lowest BCUT2D eigenvalue weighted by Crippen LogP contribution is -2.46. The van der Waals surface area contributed by atoms with Crippen LogP contribution in [0.4, 0.5) is 0 Å². The molecule has 2 aromatic rings. The molecule has 142 valence electrons. The molecule has 0 bridgehead atoms. The fourth-order valence-corrected chi connectivity index (χ4v) is 4.88. The van der Waals surface area contributed by atoms with Crippen molar-refractivity contribution in [3.8, 4) is 0 Å². The zero-order valence-corrected chi connectivity index (χ0v) is 16.7. The first kappa shape index (κ1) is 18.3. The van der Waals surface area contributed by atoms with Gasteiger partial charge >= 0.3 is 0 Å². The van der Waals surface area contributed by atoms with E-state index in [2.05, 4.69) is 74.5 Å². The van der Waals surface area contributed by atoms with Gasteiger partial charge in [0.2, 0.25) is 0 Å². The lowest BCUT2D eigenvalue weighted by molar-refractivity contribution is 0.181. The van der Waals surface area contributed by atoms with Crippen molar-refractivity contribution in [3.05, 3.63) is 69.9 Å². The largest absolute Gasteiger partial charge is 0.354 e. The first-order chi connectivity index (χ1) is 13.3. The fourth-order valence-electron chi connectivity index (χ4n) is 3.99. The van der Waals surface area contributed by atoms with Crippen LogP contribution >= 0.6 is 11.3 Å². The second-order valence-corrected chi connectivity index (χ2v) is 8.25. The number of rotatable bonds is 5. The van der Waals surface area contributed by atoms with Crippen LogP contribution in [-0.4, -0.2) is 37.0 Å². The second kappa shape index (κ2) is 8.72. The molecule has 0 saturated heterocycles. The molecule has 0 amide bonds. The molecule has 27 heavy (non-hydrogen) atoms. The van der Waals surface area contributed by atoms with Gasteiger partial charge in [0.15, 0.2) is 5.96 Å². The van der Waals surface area contributed by atoms with Crippen LogP contribution in [0.15, 0.2) is 58.9 Å². The smallest absolute Gasteiger partial charge is 0.191 e. The van der Waals surface area contributed by atoms with E-state index in [0.29, 0.717) is 12.1 Å². The highest BCUT2D eigenvalue weighted by molar-refractivity contribution is 7.10. The van der Waals surface area contributed by atoms with E-state index in [1.165, 1.54) is 11.1 Å². The van der Waals surface area contributed by atoms with Gasteiger partial charge in [-0.25, -0.2) is 0 Å². The first-order valence-electron chi connectivity index (χ1n) is 9.80. The molecule has 2 aliphatic rings. The van der Waals surface area contributed by atoms with Crippen LogP contribution < -0.4 is 10.6 Å². The van der Waals surface area contributed by atoms with Crippen LogP contribution in [0.3, 0.4) is 0 Å². The maximum absolute atomic E-state index is 4.44. The number of nitrogens with one attached hydrogen (secondary N) is 2. The molecule has 1 aromatic heterocycles. The Morgan fingerprint density at radius 1 is 1.22 bits per heavy atom. The van der Waals surface area contributed by atoms with Crippen LogP contribution in [0.1, 0.15) is 34.9 Å². The summed E-state index contributed by atoms with van der Waals surface area (Å²) in [6.45, 7) is 2.98. The van der Waals surface area contributed by atoms with Gasteiger partial charge in [-0.1, -0.05) is 42.5 Å². The summed E-state index contributed by atoms with van der Waals surface area (Å²) < 4.78 is 0. The Labute approximate surface area is 166 Å². The lowest BCUT2D eigenvalue weighted by Gasteiger charge is -2.35. The molecule has 0 saturated carbocycles. The van der Waals surface area contributed by atoms with E-state index in [1.807, 2.05) is 18.4 Å². The zero-order valence-electron chi connectivity index (χ0n) is 15.9. The minimum atomic E-state index is 0.333. The van der Waals surface area contributed by atoms with Crippen LogP contribution in [0, 0.1) is 0 Å². The zero-order chi connectivity index (χ0) is 18.5. The molecule has 2 N–H and O–H groups in total. The van der Waals surface area contributed by atoms with Crippen molar-refractivity contribution >= 4 is 17.3 Å². The number of benzene rings is 1. The first-order valence-corrected chi connectivity index (χ1v) is 10.7. The summed E-state index contributed by atoms with van der Waals surface area (Å²) in [6, 6.07) is 13.9. The standard InChI is InChI=1S/C22H28N4S/c1-23-22(25-19-9-5-6-10-19)24-15-20(17-7-3-2-4-8-17)26-13-11-21-18(16-26)12-14-27-21/h2-8,12,14,19-20H,9-11,13,15-16H2,1H3,(H2,23,24,25). The van der Waals surface area contributed by atoms with Crippen molar-refractivity contribution in [3.63, 3.8) is 0 Å². The maximum atomic E-state index is 4.44. The summed E-state index contributed by atoms with van der Waals surface area (Å²) in [5.41, 5.74) is 2.85.